The van der Waals surface area contributed by atoms with E-state index in [9.17, 15) is 18.3 Å². The quantitative estimate of drug-likeness (QED) is 0.930. The summed E-state index contributed by atoms with van der Waals surface area (Å²) in [6.07, 6.45) is 0. The summed E-state index contributed by atoms with van der Waals surface area (Å²) < 4.78 is 39.2. The summed E-state index contributed by atoms with van der Waals surface area (Å²) >= 11 is 1.18. The molecule has 1 N–H and O–H groups in total. The van der Waals surface area contributed by atoms with Crippen molar-refractivity contribution in [2.45, 2.75) is 13.2 Å². The Morgan fingerprint density at radius 1 is 1.22 bits per heavy atom. The lowest BCUT2D eigenvalue weighted by Crippen LogP contribution is -2.05. The summed E-state index contributed by atoms with van der Waals surface area (Å²) in [5.41, 5.74) is 0.0991. The van der Waals surface area contributed by atoms with Crippen molar-refractivity contribution in [2.75, 3.05) is 5.32 Å². The highest BCUT2D eigenvalue weighted by Crippen LogP contribution is 2.21. The fraction of sp³-hybridized carbons (Fsp3) is 0.182. The molecule has 1 aromatic carbocycles. The lowest BCUT2D eigenvalue weighted by atomic mass is 10.2. The number of halogens is 3. The summed E-state index contributed by atoms with van der Waals surface area (Å²) in [5, 5.41) is 15.1. The molecule has 0 spiro atoms. The number of aromatic nitrogens is 1. The van der Waals surface area contributed by atoms with Gasteiger partial charge in [-0.25, -0.2) is 23.3 Å². The molecule has 0 aliphatic heterocycles. The lowest BCUT2D eigenvalue weighted by molar-refractivity contribution is 0.177. The van der Waals surface area contributed by atoms with Crippen LogP contribution in [-0.2, 0) is 18.3 Å². The van der Waals surface area contributed by atoms with Gasteiger partial charge in [0.15, 0.2) is 11.6 Å². The van der Waals surface area contributed by atoms with Crippen LogP contribution in [0, 0.1) is 17.5 Å². The zero-order chi connectivity index (χ0) is 13.1. The number of hydrogen-bond donors (Lipinski definition) is 1. The fourth-order valence-electron chi connectivity index (χ4n) is 1.39. The maximum Gasteiger partial charge on any atom is 0.152 e. The van der Waals surface area contributed by atoms with E-state index in [1.165, 1.54) is 11.3 Å². The molecule has 7 heteroatoms. The van der Waals surface area contributed by atoms with Crippen molar-refractivity contribution >= 4 is 17.0 Å². The van der Waals surface area contributed by atoms with Crippen molar-refractivity contribution in [3.8, 4) is 0 Å². The third kappa shape index (κ3) is 2.80. The lowest BCUT2D eigenvalue weighted by Gasteiger charge is -2.07. The minimum atomic E-state index is -1.01. The Kier molecular flexibility index (Phi) is 3.83. The normalized spacial score (nSPS) is 10.7. The molecule has 2 aromatic rings. The predicted octanol–water partition coefficient (Wildman–Crippen LogP) is 3.10. The molecule has 1 radical (unpaired) electrons. The number of anilines is 1. The van der Waals surface area contributed by atoms with Crippen LogP contribution in [0.1, 0.15) is 10.7 Å². The summed E-state index contributed by atoms with van der Waals surface area (Å²) in [6, 6.07) is 1.19. The Labute approximate surface area is 105 Å². The predicted molar refractivity (Wildman–Crippen MR) is 60.1 cm³/mol. The van der Waals surface area contributed by atoms with Crippen LogP contribution in [0.25, 0.3) is 0 Å². The van der Waals surface area contributed by atoms with Gasteiger partial charge < -0.3 is 5.32 Å². The van der Waals surface area contributed by atoms with E-state index in [1.54, 1.807) is 5.38 Å². The van der Waals surface area contributed by atoms with Gasteiger partial charge in [-0.15, -0.1) is 11.3 Å². The molecule has 2 rings (SSSR count). The van der Waals surface area contributed by atoms with Crippen molar-refractivity contribution in [3.63, 3.8) is 0 Å². The Morgan fingerprint density at radius 2 is 1.89 bits per heavy atom. The molecule has 0 aliphatic rings. The second-order valence-corrected chi connectivity index (χ2v) is 4.42. The molecular weight excluding hydrogens is 265 g/mol. The first kappa shape index (κ1) is 12.8. The van der Waals surface area contributed by atoms with Gasteiger partial charge in [0.2, 0.25) is 0 Å². The van der Waals surface area contributed by atoms with Crippen molar-refractivity contribution in [1.29, 1.82) is 0 Å². The van der Waals surface area contributed by atoms with Crippen molar-refractivity contribution < 1.29 is 18.3 Å². The van der Waals surface area contributed by atoms with Crippen LogP contribution in [-0.4, -0.2) is 4.98 Å². The molecule has 95 valence electrons. The van der Waals surface area contributed by atoms with E-state index in [0.29, 0.717) is 22.8 Å². The summed E-state index contributed by atoms with van der Waals surface area (Å²) in [4.78, 5) is 3.95. The Hall–Kier alpha value is -1.60. The SMILES string of the molecule is [O]Cc1nc(CNc2c(F)cc(F)cc2F)cs1. The molecule has 0 unspecified atom stereocenters. The second kappa shape index (κ2) is 5.36. The highest BCUT2D eigenvalue weighted by atomic mass is 32.1. The van der Waals surface area contributed by atoms with Crippen LogP contribution in [0.15, 0.2) is 17.5 Å². The van der Waals surface area contributed by atoms with Crippen LogP contribution in [0.4, 0.5) is 18.9 Å². The average Bonchev–Trinajstić information content (AvgIpc) is 2.75. The standard InChI is InChI=1S/C11H8F3N2OS/c12-6-1-8(13)11(9(14)2-6)15-3-7-5-18-10(4-17)16-7/h1-2,5,15H,3-4H2. The third-order valence-corrected chi connectivity index (χ3v) is 3.05. The summed E-state index contributed by atoms with van der Waals surface area (Å²) in [7, 11) is 0. The largest absolute Gasteiger partial charge is 0.375 e. The highest BCUT2D eigenvalue weighted by Gasteiger charge is 2.11. The van der Waals surface area contributed by atoms with Crippen LogP contribution in [0.3, 0.4) is 0 Å². The van der Waals surface area contributed by atoms with Gasteiger partial charge >= 0.3 is 0 Å². The van der Waals surface area contributed by atoms with E-state index in [4.69, 9.17) is 0 Å². The Bertz CT molecular complexity index is 536. The highest BCUT2D eigenvalue weighted by molar-refractivity contribution is 7.09. The molecule has 0 saturated heterocycles. The fourth-order valence-corrected chi connectivity index (χ4v) is 2.03. The summed E-state index contributed by atoms with van der Waals surface area (Å²) in [6.45, 7) is -0.361. The molecule has 0 bridgehead atoms. The molecule has 1 heterocycles. The number of benzene rings is 1. The van der Waals surface area contributed by atoms with Crippen LogP contribution < -0.4 is 5.32 Å². The minimum absolute atomic E-state index is 0.0654. The van der Waals surface area contributed by atoms with Gasteiger partial charge in [-0.05, 0) is 0 Å². The van der Waals surface area contributed by atoms with Gasteiger partial charge in [-0.3, -0.25) is 0 Å². The molecule has 18 heavy (non-hydrogen) atoms. The van der Waals surface area contributed by atoms with Crippen molar-refractivity contribution in [2.24, 2.45) is 0 Å². The van der Waals surface area contributed by atoms with Crippen LogP contribution in [0.2, 0.25) is 0 Å². The van der Waals surface area contributed by atoms with Crippen molar-refractivity contribution in [1.82, 2.24) is 4.98 Å². The van der Waals surface area contributed by atoms with Gasteiger partial charge in [-0.2, -0.15) is 0 Å². The van der Waals surface area contributed by atoms with Gasteiger partial charge in [-0.1, -0.05) is 0 Å². The Balaban J connectivity index is 2.10. The first-order chi connectivity index (χ1) is 8.60. The van der Waals surface area contributed by atoms with Gasteiger partial charge in [0.1, 0.15) is 23.1 Å². The number of nitrogens with zero attached hydrogens (tertiary/aromatic N) is 1. The molecule has 3 nitrogen and oxygen atoms in total. The number of rotatable bonds is 4. The number of hydrogen-bond acceptors (Lipinski definition) is 3. The topological polar surface area (TPSA) is 44.8 Å². The molecule has 0 amide bonds. The van der Waals surface area contributed by atoms with Crippen LogP contribution >= 0.6 is 11.3 Å². The first-order valence-corrected chi connectivity index (χ1v) is 5.88. The number of nitrogens with one attached hydrogen (secondary N) is 1. The second-order valence-electron chi connectivity index (χ2n) is 3.47. The van der Waals surface area contributed by atoms with Crippen molar-refractivity contribution in [3.05, 3.63) is 45.7 Å². The van der Waals surface area contributed by atoms with E-state index in [-0.39, 0.29) is 6.54 Å². The first-order valence-electron chi connectivity index (χ1n) is 5.00. The van der Waals surface area contributed by atoms with E-state index >= 15 is 0 Å². The zero-order valence-corrected chi connectivity index (χ0v) is 9.86. The van der Waals surface area contributed by atoms with Gasteiger partial charge in [0.05, 0.1) is 12.2 Å². The average molecular weight is 273 g/mol. The maximum absolute atomic E-state index is 13.3. The summed E-state index contributed by atoms with van der Waals surface area (Å²) in [5.74, 6) is -2.99. The molecular formula is C11H8F3N2OS. The number of thiazole rings is 1. The third-order valence-electron chi connectivity index (χ3n) is 2.18. The van der Waals surface area contributed by atoms with E-state index < -0.39 is 29.7 Å². The molecule has 0 saturated carbocycles. The molecule has 1 aromatic heterocycles. The maximum atomic E-state index is 13.3. The van der Waals surface area contributed by atoms with E-state index in [2.05, 4.69) is 10.3 Å². The Morgan fingerprint density at radius 3 is 2.44 bits per heavy atom. The van der Waals surface area contributed by atoms with Gasteiger partial charge in [0, 0.05) is 17.5 Å². The zero-order valence-electron chi connectivity index (χ0n) is 9.04. The smallest absolute Gasteiger partial charge is 0.152 e. The minimum Gasteiger partial charge on any atom is -0.375 e. The monoisotopic (exact) mass is 273 g/mol. The molecule has 0 fully saturated rings. The van der Waals surface area contributed by atoms with E-state index in [1.807, 2.05) is 0 Å². The van der Waals surface area contributed by atoms with Crippen LogP contribution in [0.5, 0.6) is 0 Å². The van der Waals surface area contributed by atoms with Gasteiger partial charge in [0.25, 0.3) is 0 Å². The molecule has 0 aliphatic carbocycles. The van der Waals surface area contributed by atoms with E-state index in [0.717, 1.165) is 0 Å². The molecule has 0 atom stereocenters.